The quantitative estimate of drug-likeness (QED) is 0.540. The highest BCUT2D eigenvalue weighted by Crippen LogP contribution is 2.43. The number of rotatable bonds is 3. The second-order valence-electron chi connectivity index (χ2n) is 6.91. The maximum atomic E-state index is 13.7. The fourth-order valence-electron chi connectivity index (χ4n) is 3.38. The summed E-state index contributed by atoms with van der Waals surface area (Å²) < 4.78 is 55.0. The molecule has 3 aromatic rings. The first-order valence-corrected chi connectivity index (χ1v) is 8.99. The molecular weight excluding hydrogens is 404 g/mol. The number of aromatic nitrogens is 2. The van der Waals surface area contributed by atoms with Gasteiger partial charge in [0.15, 0.2) is 11.7 Å². The number of benzene rings is 2. The van der Waals surface area contributed by atoms with E-state index in [1.165, 1.54) is 54.6 Å². The van der Waals surface area contributed by atoms with Gasteiger partial charge >= 0.3 is 6.18 Å². The van der Waals surface area contributed by atoms with Gasteiger partial charge in [-0.2, -0.15) is 18.3 Å². The SMILES string of the molecule is O=C(Nc1cccc(O)c1)c1cc2n(n1)[C@H](C(F)(F)F)C[C@@H](c1ccc(F)cc1)N2. The molecule has 156 valence electrons. The van der Waals surface area contributed by atoms with Crippen molar-refractivity contribution in [1.29, 1.82) is 0 Å². The summed E-state index contributed by atoms with van der Waals surface area (Å²) in [7, 11) is 0. The second-order valence-corrected chi connectivity index (χ2v) is 6.91. The van der Waals surface area contributed by atoms with Crippen molar-refractivity contribution in [3.63, 3.8) is 0 Å². The minimum absolute atomic E-state index is 0.0268. The van der Waals surface area contributed by atoms with Crippen molar-refractivity contribution in [2.75, 3.05) is 10.6 Å². The molecule has 0 unspecified atom stereocenters. The largest absolute Gasteiger partial charge is 0.508 e. The normalized spacial score (nSPS) is 18.4. The molecule has 2 aromatic carbocycles. The van der Waals surface area contributed by atoms with E-state index >= 15 is 0 Å². The third-order valence-corrected chi connectivity index (χ3v) is 4.80. The van der Waals surface area contributed by atoms with Crippen LogP contribution in [-0.4, -0.2) is 27.0 Å². The standard InChI is InChI=1S/C20H16F4N4O2/c21-12-6-4-11(5-7-12)15-9-17(20(22,23)24)28-18(26-15)10-16(27-28)19(30)25-13-2-1-3-14(29)8-13/h1-8,10,15,17,26,29H,9H2,(H,25,30)/t15-,17-/m0/s1. The van der Waals surface area contributed by atoms with Gasteiger partial charge in [0, 0.05) is 24.2 Å². The number of carbonyl (C=O) groups excluding carboxylic acids is 1. The molecule has 2 heterocycles. The van der Waals surface area contributed by atoms with Crippen LogP contribution in [0.1, 0.15) is 34.6 Å². The maximum absolute atomic E-state index is 13.7. The minimum Gasteiger partial charge on any atom is -0.508 e. The van der Waals surface area contributed by atoms with E-state index in [2.05, 4.69) is 15.7 Å². The topological polar surface area (TPSA) is 79.2 Å². The third kappa shape index (κ3) is 3.93. The van der Waals surface area contributed by atoms with Crippen LogP contribution in [0.5, 0.6) is 5.75 Å². The Hall–Kier alpha value is -3.56. The number of carbonyl (C=O) groups is 1. The molecule has 3 N–H and O–H groups in total. The number of phenols is 1. The molecule has 0 aliphatic carbocycles. The highest BCUT2D eigenvalue weighted by atomic mass is 19.4. The Balaban J connectivity index is 1.64. The molecule has 0 radical (unpaired) electrons. The van der Waals surface area contributed by atoms with E-state index in [4.69, 9.17) is 0 Å². The molecule has 0 saturated carbocycles. The number of fused-ring (bicyclic) bond motifs is 1. The average molecular weight is 420 g/mol. The maximum Gasteiger partial charge on any atom is 0.410 e. The summed E-state index contributed by atoms with van der Waals surface area (Å²) in [5, 5.41) is 18.8. The lowest BCUT2D eigenvalue weighted by Gasteiger charge is -2.33. The summed E-state index contributed by atoms with van der Waals surface area (Å²) in [6.45, 7) is 0. The number of hydrogen-bond donors (Lipinski definition) is 3. The zero-order chi connectivity index (χ0) is 21.5. The Bertz CT molecular complexity index is 1080. The highest BCUT2D eigenvalue weighted by Gasteiger charge is 2.46. The molecule has 30 heavy (non-hydrogen) atoms. The summed E-state index contributed by atoms with van der Waals surface area (Å²) in [4.78, 5) is 12.5. The Morgan fingerprint density at radius 3 is 2.57 bits per heavy atom. The molecular formula is C20H16F4N4O2. The number of nitrogens with one attached hydrogen (secondary N) is 2. The number of alkyl halides is 3. The first kappa shape index (κ1) is 19.7. The molecule has 1 aliphatic rings. The van der Waals surface area contributed by atoms with Gasteiger partial charge in [-0.1, -0.05) is 18.2 Å². The summed E-state index contributed by atoms with van der Waals surface area (Å²) >= 11 is 0. The lowest BCUT2D eigenvalue weighted by molar-refractivity contribution is -0.173. The molecule has 4 rings (SSSR count). The molecule has 0 spiro atoms. The molecule has 0 saturated heterocycles. The van der Waals surface area contributed by atoms with Crippen LogP contribution in [0.2, 0.25) is 0 Å². The number of amides is 1. The van der Waals surface area contributed by atoms with Crippen LogP contribution >= 0.6 is 0 Å². The average Bonchev–Trinajstić information content (AvgIpc) is 3.11. The van der Waals surface area contributed by atoms with Crippen LogP contribution in [0.25, 0.3) is 0 Å². The molecule has 6 nitrogen and oxygen atoms in total. The van der Waals surface area contributed by atoms with Gasteiger partial charge in [-0.05, 0) is 29.8 Å². The first-order valence-electron chi connectivity index (χ1n) is 8.99. The Labute approximate surface area is 168 Å². The van der Waals surface area contributed by atoms with Gasteiger partial charge in [-0.25, -0.2) is 9.07 Å². The molecule has 10 heteroatoms. The number of hydrogen-bond acceptors (Lipinski definition) is 4. The fraction of sp³-hybridized carbons (Fsp3) is 0.200. The van der Waals surface area contributed by atoms with E-state index < -0.39 is 30.0 Å². The third-order valence-electron chi connectivity index (χ3n) is 4.80. The van der Waals surface area contributed by atoms with Crippen LogP contribution in [0, 0.1) is 5.82 Å². The van der Waals surface area contributed by atoms with Gasteiger partial charge in [0.25, 0.3) is 5.91 Å². The van der Waals surface area contributed by atoms with E-state index in [-0.39, 0.29) is 29.4 Å². The van der Waals surface area contributed by atoms with Gasteiger partial charge in [0.1, 0.15) is 17.4 Å². The number of aromatic hydroxyl groups is 1. The van der Waals surface area contributed by atoms with Crippen molar-refractivity contribution in [3.8, 4) is 5.75 Å². The van der Waals surface area contributed by atoms with E-state index in [0.29, 0.717) is 5.56 Å². The van der Waals surface area contributed by atoms with Gasteiger partial charge in [-0.3, -0.25) is 4.79 Å². The number of anilines is 2. The van der Waals surface area contributed by atoms with Crippen molar-refractivity contribution >= 4 is 17.4 Å². The highest BCUT2D eigenvalue weighted by molar-refractivity contribution is 6.03. The Kier molecular flexibility index (Phi) is 4.84. The summed E-state index contributed by atoms with van der Waals surface area (Å²) in [6.07, 6.45) is -4.96. The van der Waals surface area contributed by atoms with Crippen molar-refractivity contribution in [2.45, 2.75) is 24.7 Å². The van der Waals surface area contributed by atoms with Gasteiger partial charge in [0.05, 0.1) is 6.04 Å². The molecule has 1 aliphatic heterocycles. The second kappa shape index (κ2) is 7.36. The Morgan fingerprint density at radius 1 is 1.17 bits per heavy atom. The lowest BCUT2D eigenvalue weighted by Crippen LogP contribution is -2.35. The van der Waals surface area contributed by atoms with Crippen molar-refractivity contribution in [2.24, 2.45) is 0 Å². The van der Waals surface area contributed by atoms with Crippen LogP contribution in [0.3, 0.4) is 0 Å². The van der Waals surface area contributed by atoms with Crippen LogP contribution in [-0.2, 0) is 0 Å². The van der Waals surface area contributed by atoms with Gasteiger partial charge < -0.3 is 15.7 Å². The zero-order valence-corrected chi connectivity index (χ0v) is 15.3. The molecule has 2 atom stereocenters. The smallest absolute Gasteiger partial charge is 0.410 e. The van der Waals surface area contributed by atoms with Crippen molar-refractivity contribution in [3.05, 3.63) is 71.7 Å². The summed E-state index contributed by atoms with van der Waals surface area (Å²) in [5.41, 5.74) is 0.550. The summed E-state index contributed by atoms with van der Waals surface area (Å²) in [5.74, 6) is -1.25. The summed E-state index contributed by atoms with van der Waals surface area (Å²) in [6, 6.07) is 9.49. The Morgan fingerprint density at radius 2 is 1.90 bits per heavy atom. The fourth-order valence-corrected chi connectivity index (χ4v) is 3.38. The van der Waals surface area contributed by atoms with Crippen molar-refractivity contribution in [1.82, 2.24) is 9.78 Å². The minimum atomic E-state index is -4.60. The van der Waals surface area contributed by atoms with Crippen LogP contribution in [0.15, 0.2) is 54.6 Å². The van der Waals surface area contributed by atoms with E-state index in [1.807, 2.05) is 0 Å². The molecule has 1 aromatic heterocycles. The van der Waals surface area contributed by atoms with E-state index in [1.54, 1.807) is 0 Å². The number of nitrogens with zero attached hydrogens (tertiary/aromatic N) is 2. The monoisotopic (exact) mass is 420 g/mol. The predicted octanol–water partition coefficient (Wildman–Crippen LogP) is 4.64. The predicted molar refractivity (Wildman–Crippen MR) is 101 cm³/mol. The number of halogens is 4. The van der Waals surface area contributed by atoms with E-state index in [0.717, 1.165) is 4.68 Å². The molecule has 1 amide bonds. The van der Waals surface area contributed by atoms with Gasteiger partial charge in [-0.15, -0.1) is 0 Å². The van der Waals surface area contributed by atoms with Crippen molar-refractivity contribution < 1.29 is 27.5 Å². The zero-order valence-electron chi connectivity index (χ0n) is 15.3. The van der Waals surface area contributed by atoms with Crippen LogP contribution < -0.4 is 10.6 Å². The molecule has 0 bridgehead atoms. The number of phenolic OH excluding ortho intramolecular Hbond substituents is 1. The van der Waals surface area contributed by atoms with E-state index in [9.17, 15) is 27.5 Å². The first-order chi connectivity index (χ1) is 14.2. The lowest BCUT2D eigenvalue weighted by atomic mass is 9.97. The van der Waals surface area contributed by atoms with Gasteiger partial charge in [0.2, 0.25) is 0 Å². The van der Waals surface area contributed by atoms with Crippen LogP contribution in [0.4, 0.5) is 29.1 Å². The molecule has 0 fully saturated rings.